The fourth-order valence-electron chi connectivity index (χ4n) is 5.20. The van der Waals surface area contributed by atoms with E-state index in [1.54, 1.807) is 37.3 Å². The number of urea groups is 1. The van der Waals surface area contributed by atoms with Crippen LogP contribution in [0.25, 0.3) is 11.2 Å². The van der Waals surface area contributed by atoms with Gasteiger partial charge in [-0.3, -0.25) is 9.79 Å². The van der Waals surface area contributed by atoms with Crippen LogP contribution >= 0.6 is 0 Å². The molecule has 1 fully saturated rings. The molecule has 0 bridgehead atoms. The molecule has 2 aromatic heterocycles. The molecule has 0 aliphatic carbocycles. The van der Waals surface area contributed by atoms with Gasteiger partial charge >= 0.3 is 12.2 Å². The third kappa shape index (κ3) is 8.82. The van der Waals surface area contributed by atoms with Gasteiger partial charge in [-0.2, -0.15) is 13.2 Å². The summed E-state index contributed by atoms with van der Waals surface area (Å²) in [5.74, 6) is 1.47. The molecule has 4 aromatic rings. The van der Waals surface area contributed by atoms with Crippen LogP contribution in [0.15, 0.2) is 71.9 Å². The number of carbonyl (C=O) groups is 2. The number of nitrogens with zero attached hydrogens (tertiary/aromatic N) is 5. The van der Waals surface area contributed by atoms with Gasteiger partial charge in [0, 0.05) is 38.0 Å². The molecule has 3 amide bonds. The van der Waals surface area contributed by atoms with Crippen molar-refractivity contribution in [3.8, 4) is 11.5 Å². The molecule has 16 heteroatoms. The molecule has 1 saturated heterocycles. The highest BCUT2D eigenvalue weighted by molar-refractivity contribution is 6.01. The van der Waals surface area contributed by atoms with Crippen LogP contribution in [0.2, 0.25) is 0 Å². The maximum absolute atomic E-state index is 13.7. The fourth-order valence-corrected chi connectivity index (χ4v) is 5.20. The molecule has 4 N–H and O–H groups in total. The Morgan fingerprint density at radius 2 is 2.00 bits per heavy atom. The fraction of sp³-hybridized carbons (Fsp3) is 0.333. The highest BCUT2D eigenvalue weighted by atomic mass is 19.4. The first-order chi connectivity index (χ1) is 23.5. The van der Waals surface area contributed by atoms with E-state index in [1.807, 2.05) is 6.92 Å². The molecule has 13 nitrogen and oxygen atoms in total. The predicted molar refractivity (Wildman–Crippen MR) is 179 cm³/mol. The minimum Gasteiger partial charge on any atom is -0.489 e. The molecule has 1 aliphatic rings. The van der Waals surface area contributed by atoms with E-state index < -0.39 is 23.8 Å². The van der Waals surface area contributed by atoms with Gasteiger partial charge in [0.2, 0.25) is 5.91 Å². The number of imidazole rings is 1. The first kappa shape index (κ1) is 34.7. The largest absolute Gasteiger partial charge is 0.489 e. The number of benzene rings is 2. The lowest BCUT2D eigenvalue weighted by molar-refractivity contribution is -0.137. The number of aromatic amines is 1. The maximum atomic E-state index is 13.7. The van der Waals surface area contributed by atoms with Crippen LogP contribution < -0.4 is 30.3 Å². The van der Waals surface area contributed by atoms with Crippen molar-refractivity contribution in [2.24, 2.45) is 4.99 Å². The Morgan fingerprint density at radius 1 is 1.16 bits per heavy atom. The Labute approximate surface area is 280 Å². The lowest BCUT2D eigenvalue weighted by Gasteiger charge is -2.26. The molecular formula is C33H36F3N9O4. The van der Waals surface area contributed by atoms with Crippen molar-refractivity contribution in [3.63, 3.8) is 0 Å². The molecule has 1 aliphatic heterocycles. The summed E-state index contributed by atoms with van der Waals surface area (Å²) in [5, 5.41) is 7.67. The molecule has 3 heterocycles. The van der Waals surface area contributed by atoms with Gasteiger partial charge in [0.05, 0.1) is 23.6 Å². The number of amides is 3. The summed E-state index contributed by atoms with van der Waals surface area (Å²) in [5.41, 5.74) is 0.445. The SMILES string of the molecule is CC/C(=C\C=NC(C)C(=O)NC)Oc1cccc(NC(=O)Nc2cc(C(F)(F)F)ccc2OCC2CCCN2c2ncnc3nc[nH]c23)c1. The Kier molecular flexibility index (Phi) is 11.0. The third-order valence-corrected chi connectivity index (χ3v) is 7.72. The van der Waals surface area contributed by atoms with Crippen LogP contribution in [0.5, 0.6) is 11.5 Å². The van der Waals surface area contributed by atoms with E-state index in [2.05, 4.69) is 45.8 Å². The monoisotopic (exact) mass is 679 g/mol. The zero-order valence-electron chi connectivity index (χ0n) is 27.0. The second kappa shape index (κ2) is 15.5. The quantitative estimate of drug-likeness (QED) is 0.106. The van der Waals surface area contributed by atoms with Gasteiger partial charge in [-0.25, -0.2) is 19.7 Å². The number of allylic oxidation sites excluding steroid dienone is 2. The molecule has 49 heavy (non-hydrogen) atoms. The molecule has 5 rings (SSSR count). The summed E-state index contributed by atoms with van der Waals surface area (Å²) < 4.78 is 53.0. The number of anilines is 3. The van der Waals surface area contributed by atoms with E-state index in [4.69, 9.17) is 9.47 Å². The molecule has 2 aromatic carbocycles. The number of alkyl halides is 3. The van der Waals surface area contributed by atoms with E-state index in [1.165, 1.54) is 32.0 Å². The number of carbonyl (C=O) groups excluding carboxylic acids is 2. The zero-order valence-corrected chi connectivity index (χ0v) is 27.0. The molecule has 0 spiro atoms. The third-order valence-electron chi connectivity index (χ3n) is 7.72. The molecule has 0 saturated carbocycles. The van der Waals surface area contributed by atoms with Crippen LogP contribution in [0.3, 0.4) is 0 Å². The van der Waals surface area contributed by atoms with E-state index >= 15 is 0 Å². The van der Waals surface area contributed by atoms with E-state index in [0.29, 0.717) is 47.1 Å². The first-order valence-electron chi connectivity index (χ1n) is 15.6. The Morgan fingerprint density at radius 3 is 2.78 bits per heavy atom. The van der Waals surface area contributed by atoms with Crippen molar-refractivity contribution in [1.29, 1.82) is 0 Å². The van der Waals surface area contributed by atoms with Gasteiger partial charge in [-0.05, 0) is 56.2 Å². The van der Waals surface area contributed by atoms with Crippen molar-refractivity contribution < 1.29 is 32.2 Å². The second-order valence-corrected chi connectivity index (χ2v) is 11.1. The summed E-state index contributed by atoms with van der Waals surface area (Å²) in [6.45, 7) is 4.37. The second-order valence-electron chi connectivity index (χ2n) is 11.1. The standard InChI is InChI=1S/C33H36F3N9O4/c1-4-24(12-13-38-20(2)31(46)37-3)49-25-9-5-7-22(16-25)43-32(47)44-26-15-21(33(34,35)36)10-11-27(26)48-17-23-8-6-14-45(23)30-28-29(40-18-39-28)41-19-42-30/h5,7,9-13,15-16,18-20,23H,4,6,8,14,17H2,1-3H3,(H,37,46)(H2,43,44,47)(H,39,40,41,42)/b24-12+,38-13?. The zero-order chi connectivity index (χ0) is 35.0. The average Bonchev–Trinajstić information content (AvgIpc) is 3.76. The summed E-state index contributed by atoms with van der Waals surface area (Å²) in [6, 6.07) is 7.96. The number of nitrogens with one attached hydrogen (secondary N) is 4. The van der Waals surface area contributed by atoms with Crippen LogP contribution in [0.4, 0.5) is 35.2 Å². The lowest BCUT2D eigenvalue weighted by atomic mass is 10.1. The summed E-state index contributed by atoms with van der Waals surface area (Å²) in [4.78, 5) is 46.8. The number of hydrogen-bond donors (Lipinski definition) is 4. The van der Waals surface area contributed by atoms with Gasteiger partial charge < -0.3 is 35.3 Å². The van der Waals surface area contributed by atoms with Crippen molar-refractivity contribution in [1.82, 2.24) is 25.3 Å². The number of fused-ring (bicyclic) bond motifs is 1. The van der Waals surface area contributed by atoms with Gasteiger partial charge in [0.15, 0.2) is 11.5 Å². The Bertz CT molecular complexity index is 1840. The van der Waals surface area contributed by atoms with Crippen LogP contribution in [-0.2, 0) is 11.0 Å². The number of likely N-dealkylation sites (N-methyl/N-ethyl adjacent to an activating group) is 1. The smallest absolute Gasteiger partial charge is 0.416 e. The maximum Gasteiger partial charge on any atom is 0.416 e. The number of halogens is 3. The van der Waals surface area contributed by atoms with Gasteiger partial charge in [-0.1, -0.05) is 13.0 Å². The number of ether oxygens (including phenoxy) is 2. The van der Waals surface area contributed by atoms with Gasteiger partial charge in [0.1, 0.15) is 41.8 Å². The van der Waals surface area contributed by atoms with Crippen LogP contribution in [-0.4, -0.2) is 70.4 Å². The molecule has 0 radical (unpaired) electrons. The van der Waals surface area contributed by atoms with E-state index in [0.717, 1.165) is 25.0 Å². The number of rotatable bonds is 12. The summed E-state index contributed by atoms with van der Waals surface area (Å²) >= 11 is 0. The molecule has 2 unspecified atom stereocenters. The minimum atomic E-state index is -4.64. The van der Waals surface area contributed by atoms with Gasteiger partial charge in [-0.15, -0.1) is 0 Å². The number of aromatic nitrogens is 4. The van der Waals surface area contributed by atoms with Crippen LogP contribution in [0, 0.1) is 0 Å². The van der Waals surface area contributed by atoms with Crippen LogP contribution in [0.1, 0.15) is 38.7 Å². The summed E-state index contributed by atoms with van der Waals surface area (Å²) in [6.07, 6.45) is 3.58. The average molecular weight is 680 g/mol. The molecule has 258 valence electrons. The van der Waals surface area contributed by atoms with Crippen molar-refractivity contribution in [2.45, 2.75) is 51.4 Å². The Balaban J connectivity index is 1.27. The molecule has 2 atom stereocenters. The van der Waals surface area contributed by atoms with Gasteiger partial charge in [0.25, 0.3) is 0 Å². The normalized spacial score (nSPS) is 15.8. The summed E-state index contributed by atoms with van der Waals surface area (Å²) in [7, 11) is 1.53. The minimum absolute atomic E-state index is 0.0755. The van der Waals surface area contributed by atoms with Crippen molar-refractivity contribution in [2.75, 3.05) is 35.7 Å². The predicted octanol–water partition coefficient (Wildman–Crippen LogP) is 5.94. The highest BCUT2D eigenvalue weighted by Crippen LogP contribution is 2.36. The number of H-pyrrole nitrogens is 1. The highest BCUT2D eigenvalue weighted by Gasteiger charge is 2.32. The van der Waals surface area contributed by atoms with Crippen molar-refractivity contribution >= 4 is 46.5 Å². The van der Waals surface area contributed by atoms with E-state index in [-0.39, 0.29) is 30.0 Å². The number of hydrogen-bond acceptors (Lipinski definition) is 9. The van der Waals surface area contributed by atoms with Crippen molar-refractivity contribution in [3.05, 3.63) is 72.5 Å². The first-order valence-corrected chi connectivity index (χ1v) is 15.6. The Hall–Kier alpha value is -5.67. The molecular weight excluding hydrogens is 643 g/mol. The topological polar surface area (TPSA) is 159 Å². The number of aliphatic imine (C=N–C) groups is 1. The van der Waals surface area contributed by atoms with E-state index in [9.17, 15) is 22.8 Å². The lowest BCUT2D eigenvalue weighted by Crippen LogP contribution is -2.35.